The maximum absolute atomic E-state index is 11.3. The number of nitro groups is 1. The third-order valence-electron chi connectivity index (χ3n) is 3.16. The third kappa shape index (κ3) is 2.84. The monoisotopic (exact) mass is 278 g/mol. The van der Waals surface area contributed by atoms with Gasteiger partial charge in [-0.05, 0) is 36.6 Å². The average Bonchev–Trinajstić information content (AvgIpc) is 2.37. The van der Waals surface area contributed by atoms with Crippen LogP contribution < -0.4 is 0 Å². The lowest BCUT2D eigenvalue weighted by Gasteiger charge is -2.13. The van der Waals surface area contributed by atoms with Gasteiger partial charge < -0.3 is 0 Å². The van der Waals surface area contributed by atoms with Crippen LogP contribution in [0.1, 0.15) is 19.4 Å². The molecule has 1 heterocycles. The summed E-state index contributed by atoms with van der Waals surface area (Å²) in [5.41, 5.74) is 1.42. The molecule has 0 aliphatic carbocycles. The molecule has 5 heteroatoms. The highest BCUT2D eigenvalue weighted by atomic mass is 35.5. The van der Waals surface area contributed by atoms with Gasteiger partial charge in [0.15, 0.2) is 0 Å². The molecule has 1 aromatic heterocycles. The molecule has 0 radical (unpaired) electrons. The molecule has 0 aliphatic rings. The Bertz CT molecular complexity index is 613. The number of hydrogen-bond acceptors (Lipinski definition) is 3. The van der Waals surface area contributed by atoms with E-state index in [0.717, 1.165) is 0 Å². The predicted molar refractivity (Wildman–Crippen MR) is 76.6 cm³/mol. The Morgan fingerprint density at radius 3 is 2.74 bits per heavy atom. The highest BCUT2D eigenvalue weighted by Crippen LogP contribution is 2.30. The van der Waals surface area contributed by atoms with Crippen LogP contribution in [0.5, 0.6) is 0 Å². The van der Waals surface area contributed by atoms with E-state index in [1.165, 1.54) is 0 Å². The summed E-state index contributed by atoms with van der Waals surface area (Å²) in [6.45, 7) is 4.01. The molecule has 0 fully saturated rings. The normalized spacial score (nSPS) is 12.8. The standard InChI is InChI=1S/C14H15ClN2O2/c1-9(2)12(15)8-10-5-6-13-11(4-3-7-16-13)14(10)17(18)19/h3-7,9,12H,8H2,1-2H3. The van der Waals surface area contributed by atoms with Gasteiger partial charge in [-0.2, -0.15) is 0 Å². The second-order valence-corrected chi connectivity index (χ2v) is 5.43. The molecule has 100 valence electrons. The highest BCUT2D eigenvalue weighted by molar-refractivity contribution is 6.21. The maximum Gasteiger partial charge on any atom is 0.281 e. The van der Waals surface area contributed by atoms with E-state index in [9.17, 15) is 10.1 Å². The average molecular weight is 279 g/mol. The first-order chi connectivity index (χ1) is 9.00. The number of hydrogen-bond donors (Lipinski definition) is 0. The minimum atomic E-state index is -0.344. The van der Waals surface area contributed by atoms with Gasteiger partial charge in [0.1, 0.15) is 0 Å². The number of rotatable bonds is 4. The minimum absolute atomic E-state index is 0.118. The Kier molecular flexibility index (Phi) is 4.00. The minimum Gasteiger partial charge on any atom is -0.258 e. The van der Waals surface area contributed by atoms with E-state index < -0.39 is 0 Å². The Morgan fingerprint density at radius 1 is 1.37 bits per heavy atom. The smallest absolute Gasteiger partial charge is 0.258 e. The summed E-state index contributed by atoms with van der Waals surface area (Å²) in [4.78, 5) is 15.1. The number of alkyl halides is 1. The Balaban J connectivity index is 2.55. The topological polar surface area (TPSA) is 56.0 Å². The van der Waals surface area contributed by atoms with Gasteiger partial charge in [-0.3, -0.25) is 15.1 Å². The van der Waals surface area contributed by atoms with Gasteiger partial charge in [-0.25, -0.2) is 0 Å². The summed E-state index contributed by atoms with van der Waals surface area (Å²) in [7, 11) is 0. The first-order valence-corrected chi connectivity index (χ1v) is 6.59. The molecule has 1 atom stereocenters. The van der Waals surface area contributed by atoms with Crippen molar-refractivity contribution < 1.29 is 4.92 Å². The third-order valence-corrected chi connectivity index (χ3v) is 3.82. The van der Waals surface area contributed by atoms with Gasteiger partial charge in [-0.15, -0.1) is 11.6 Å². The van der Waals surface area contributed by atoms with Crippen molar-refractivity contribution in [2.24, 2.45) is 5.92 Å². The van der Waals surface area contributed by atoms with Crippen LogP contribution in [0.3, 0.4) is 0 Å². The number of nitrogens with zero attached hydrogens (tertiary/aromatic N) is 2. The van der Waals surface area contributed by atoms with Gasteiger partial charge in [0.05, 0.1) is 15.8 Å². The summed E-state index contributed by atoms with van der Waals surface area (Å²) in [5, 5.41) is 11.8. The fourth-order valence-electron chi connectivity index (χ4n) is 2.01. The number of halogens is 1. The predicted octanol–water partition coefficient (Wildman–Crippen LogP) is 3.95. The molecule has 1 aromatic carbocycles. The number of benzene rings is 1. The van der Waals surface area contributed by atoms with Gasteiger partial charge in [0, 0.05) is 17.1 Å². The van der Waals surface area contributed by atoms with Crippen molar-refractivity contribution in [3.8, 4) is 0 Å². The molecule has 2 aromatic rings. The van der Waals surface area contributed by atoms with Crippen LogP contribution in [0.25, 0.3) is 10.9 Å². The van der Waals surface area contributed by atoms with Crippen molar-refractivity contribution in [2.45, 2.75) is 25.6 Å². The van der Waals surface area contributed by atoms with Crippen molar-refractivity contribution in [2.75, 3.05) is 0 Å². The molecule has 1 unspecified atom stereocenters. The first-order valence-electron chi connectivity index (χ1n) is 6.15. The van der Waals surface area contributed by atoms with Crippen LogP contribution in [0.2, 0.25) is 0 Å². The fourth-order valence-corrected chi connectivity index (χ4v) is 2.17. The van der Waals surface area contributed by atoms with Crippen molar-refractivity contribution >= 4 is 28.2 Å². The molecule has 0 bridgehead atoms. The second-order valence-electron chi connectivity index (χ2n) is 4.86. The summed E-state index contributed by atoms with van der Waals surface area (Å²) in [6.07, 6.45) is 2.12. The molecule has 4 nitrogen and oxygen atoms in total. The van der Waals surface area contributed by atoms with Gasteiger partial charge >= 0.3 is 0 Å². The lowest BCUT2D eigenvalue weighted by Crippen LogP contribution is -2.12. The quantitative estimate of drug-likeness (QED) is 0.483. The number of nitro benzene ring substituents is 1. The summed E-state index contributed by atoms with van der Waals surface area (Å²) in [5.74, 6) is 0.269. The lowest BCUT2D eigenvalue weighted by molar-refractivity contribution is -0.383. The first kappa shape index (κ1) is 13.7. The largest absolute Gasteiger partial charge is 0.281 e. The molecule has 0 amide bonds. The summed E-state index contributed by atoms with van der Waals surface area (Å²) < 4.78 is 0. The van der Waals surface area contributed by atoms with E-state index in [-0.39, 0.29) is 21.9 Å². The van der Waals surface area contributed by atoms with Crippen molar-refractivity contribution in [1.82, 2.24) is 4.98 Å². The van der Waals surface area contributed by atoms with Crippen LogP contribution in [0.4, 0.5) is 5.69 Å². The lowest BCUT2D eigenvalue weighted by atomic mass is 9.99. The van der Waals surface area contributed by atoms with E-state index >= 15 is 0 Å². The zero-order chi connectivity index (χ0) is 14.0. The van der Waals surface area contributed by atoms with E-state index in [0.29, 0.717) is 22.9 Å². The van der Waals surface area contributed by atoms with Crippen LogP contribution in [0.15, 0.2) is 30.5 Å². The van der Waals surface area contributed by atoms with E-state index in [1.54, 1.807) is 24.4 Å². The molecule has 0 spiro atoms. The molecular weight excluding hydrogens is 264 g/mol. The SMILES string of the molecule is CC(C)C(Cl)Cc1ccc2ncccc2c1[N+](=O)[O-]. The Hall–Kier alpha value is -1.68. The van der Waals surface area contributed by atoms with Crippen LogP contribution in [-0.2, 0) is 6.42 Å². The van der Waals surface area contributed by atoms with Crippen molar-refractivity contribution in [3.05, 3.63) is 46.1 Å². The molecule has 19 heavy (non-hydrogen) atoms. The highest BCUT2D eigenvalue weighted by Gasteiger charge is 2.21. The van der Waals surface area contributed by atoms with Crippen LogP contribution >= 0.6 is 11.6 Å². The second kappa shape index (κ2) is 5.53. The fraction of sp³-hybridized carbons (Fsp3) is 0.357. The molecule has 2 rings (SSSR count). The zero-order valence-electron chi connectivity index (χ0n) is 10.8. The van der Waals surface area contributed by atoms with Crippen LogP contribution in [0, 0.1) is 16.0 Å². The summed E-state index contributed by atoms with van der Waals surface area (Å²) >= 11 is 6.24. The van der Waals surface area contributed by atoms with Crippen molar-refractivity contribution in [1.29, 1.82) is 0 Å². The molecule has 0 aliphatic heterocycles. The molecule has 0 saturated heterocycles. The van der Waals surface area contributed by atoms with Gasteiger partial charge in [0.2, 0.25) is 0 Å². The maximum atomic E-state index is 11.3. The Labute approximate surface area is 116 Å². The van der Waals surface area contributed by atoms with Gasteiger partial charge in [-0.1, -0.05) is 13.8 Å². The van der Waals surface area contributed by atoms with E-state index in [1.807, 2.05) is 19.9 Å². The summed E-state index contributed by atoms with van der Waals surface area (Å²) in [6, 6.07) is 7.00. The van der Waals surface area contributed by atoms with Gasteiger partial charge in [0.25, 0.3) is 5.69 Å². The molecular formula is C14H15ClN2O2. The molecule has 0 saturated carbocycles. The molecule has 0 N–H and O–H groups in total. The van der Waals surface area contributed by atoms with Crippen molar-refractivity contribution in [3.63, 3.8) is 0 Å². The Morgan fingerprint density at radius 2 is 2.11 bits per heavy atom. The van der Waals surface area contributed by atoms with E-state index in [2.05, 4.69) is 4.98 Å². The van der Waals surface area contributed by atoms with E-state index in [4.69, 9.17) is 11.6 Å². The zero-order valence-corrected chi connectivity index (χ0v) is 11.6. The van der Waals surface area contributed by atoms with Crippen LogP contribution in [-0.4, -0.2) is 15.3 Å². The number of aromatic nitrogens is 1. The number of pyridine rings is 1. The number of fused-ring (bicyclic) bond motifs is 1.